The van der Waals surface area contributed by atoms with Gasteiger partial charge < -0.3 is 4.42 Å². The van der Waals surface area contributed by atoms with Gasteiger partial charge in [-0.15, -0.1) is 0 Å². The van der Waals surface area contributed by atoms with E-state index in [4.69, 9.17) is 25.9 Å². The van der Waals surface area contributed by atoms with Gasteiger partial charge in [-0.05, 0) is 92.1 Å². The van der Waals surface area contributed by atoms with Crippen molar-refractivity contribution < 1.29 is 4.42 Å². The molecule has 1 aliphatic carbocycles. The lowest BCUT2D eigenvalue weighted by atomic mass is 9.63. The van der Waals surface area contributed by atoms with Gasteiger partial charge in [-0.3, -0.25) is 0 Å². The zero-order valence-electron chi connectivity index (χ0n) is 32.5. The maximum Gasteiger partial charge on any atom is 0.187 e. The highest BCUT2D eigenvalue weighted by molar-refractivity contribution is 6.13. The van der Waals surface area contributed by atoms with Crippen LogP contribution in [0, 0.1) is 6.57 Å². The number of fused-ring (bicyclic) bond motifs is 5. The molecule has 1 aliphatic rings. The van der Waals surface area contributed by atoms with Crippen LogP contribution in [0.4, 0.5) is 5.69 Å². The maximum atomic E-state index is 7.33. The number of nitrogens with zero attached hydrogens (tertiary/aromatic N) is 4. The van der Waals surface area contributed by atoms with Crippen molar-refractivity contribution in [2.24, 2.45) is 0 Å². The Morgan fingerprint density at radius 2 is 1.09 bits per heavy atom. The van der Waals surface area contributed by atoms with Crippen LogP contribution in [0.5, 0.6) is 0 Å². The van der Waals surface area contributed by atoms with Gasteiger partial charge in [-0.1, -0.05) is 149 Å². The quantitative estimate of drug-likeness (QED) is 0.165. The summed E-state index contributed by atoms with van der Waals surface area (Å²) in [6.45, 7) is 16.8. The van der Waals surface area contributed by atoms with Gasteiger partial charge in [0, 0.05) is 27.5 Å². The van der Waals surface area contributed by atoms with E-state index in [2.05, 4.69) is 142 Å². The zero-order chi connectivity index (χ0) is 38.9. The van der Waals surface area contributed by atoms with Crippen molar-refractivity contribution in [1.29, 1.82) is 0 Å². The minimum atomic E-state index is 0.0712. The molecule has 0 aliphatic heterocycles. The van der Waals surface area contributed by atoms with Crippen LogP contribution in [0.1, 0.15) is 51.7 Å². The van der Waals surface area contributed by atoms with Crippen LogP contribution < -0.4 is 0 Å². The summed E-state index contributed by atoms with van der Waals surface area (Å²) in [6.07, 6.45) is 2.31. The van der Waals surface area contributed by atoms with Crippen LogP contribution in [0.25, 0.3) is 94.0 Å². The molecule has 0 fully saturated rings. The average Bonchev–Trinajstić information content (AvgIpc) is 3.63. The second-order valence-corrected chi connectivity index (χ2v) is 16.6. The second-order valence-electron chi connectivity index (χ2n) is 16.6. The molecule has 7 aromatic carbocycles. The van der Waals surface area contributed by atoms with Crippen molar-refractivity contribution >= 4 is 38.4 Å². The topological polar surface area (TPSA) is 56.2 Å². The number of rotatable bonds is 5. The maximum absolute atomic E-state index is 7.33. The number of para-hydroxylation sites is 1. The number of aromatic nitrogens is 3. The first-order chi connectivity index (χ1) is 27.6. The smallest absolute Gasteiger partial charge is 0.187 e. The molecule has 274 valence electrons. The monoisotopic (exact) mass is 736 g/mol. The third-order valence-electron chi connectivity index (χ3n) is 12.0. The van der Waals surface area contributed by atoms with Crippen molar-refractivity contribution in [3.05, 3.63) is 168 Å². The van der Waals surface area contributed by atoms with E-state index < -0.39 is 0 Å². The fraction of sp³-hybridized carbons (Fsp3) is 0.154. The summed E-state index contributed by atoms with van der Waals surface area (Å²) in [6, 6.07) is 50.4. The molecule has 0 atom stereocenters. The van der Waals surface area contributed by atoms with Crippen LogP contribution >= 0.6 is 0 Å². The van der Waals surface area contributed by atoms with E-state index in [1.165, 1.54) is 17.5 Å². The summed E-state index contributed by atoms with van der Waals surface area (Å²) in [5, 5.41) is 4.28. The molecule has 0 saturated carbocycles. The second kappa shape index (κ2) is 13.1. The molecular formula is C52H40N4O. The number of benzene rings is 7. The van der Waals surface area contributed by atoms with E-state index in [-0.39, 0.29) is 10.8 Å². The van der Waals surface area contributed by atoms with Crippen LogP contribution in [-0.4, -0.2) is 15.0 Å². The van der Waals surface area contributed by atoms with Gasteiger partial charge in [0.1, 0.15) is 11.2 Å². The van der Waals surface area contributed by atoms with Crippen molar-refractivity contribution in [3.8, 4) is 56.4 Å². The minimum Gasteiger partial charge on any atom is -0.456 e. The molecule has 10 rings (SSSR count). The number of hydrogen-bond donors (Lipinski definition) is 0. The highest BCUT2D eigenvalue weighted by atomic mass is 16.3. The Hall–Kier alpha value is -6.90. The third-order valence-corrected chi connectivity index (χ3v) is 12.0. The number of hydrogen-bond acceptors (Lipinski definition) is 4. The molecular weight excluding hydrogens is 697 g/mol. The third kappa shape index (κ3) is 6.06. The van der Waals surface area contributed by atoms with E-state index >= 15 is 0 Å². The van der Waals surface area contributed by atoms with E-state index in [1.54, 1.807) is 0 Å². The fourth-order valence-electron chi connectivity index (χ4n) is 8.59. The largest absolute Gasteiger partial charge is 0.456 e. The lowest BCUT2D eigenvalue weighted by molar-refractivity contribution is 0.332. The summed E-state index contributed by atoms with van der Waals surface area (Å²) < 4.78 is 6.62. The standard InChI is InChI=1S/C52H40N4O/c1-51(2)26-27-52(3,4)44-30-37(22-25-43(44)51)39-29-42(47-41-12-8-9-13-45(41)57-46(47)31-39)50-55-48(35-17-14-33(15-18-35)34-20-23-40(53-5)24-21-34)54-49(56-50)38-19-16-32-10-6-7-11-36(32)28-38/h6-25,28-31H,26-27H2,1-4H3. The highest BCUT2D eigenvalue weighted by Gasteiger charge is 2.37. The molecule has 0 bridgehead atoms. The normalized spacial score (nSPS) is 14.4. The molecule has 0 amide bonds. The first-order valence-electron chi connectivity index (χ1n) is 19.6. The molecule has 0 N–H and O–H groups in total. The van der Waals surface area contributed by atoms with Gasteiger partial charge >= 0.3 is 0 Å². The fourth-order valence-corrected chi connectivity index (χ4v) is 8.59. The summed E-state index contributed by atoms with van der Waals surface area (Å²) in [4.78, 5) is 19.2. The van der Waals surface area contributed by atoms with E-state index in [9.17, 15) is 0 Å². The van der Waals surface area contributed by atoms with Crippen LogP contribution in [0.15, 0.2) is 150 Å². The zero-order valence-corrected chi connectivity index (χ0v) is 32.5. The first-order valence-corrected chi connectivity index (χ1v) is 19.6. The Labute approximate surface area is 332 Å². The van der Waals surface area contributed by atoms with Crippen LogP contribution in [0.2, 0.25) is 0 Å². The lowest BCUT2D eigenvalue weighted by Gasteiger charge is -2.42. The summed E-state index contributed by atoms with van der Waals surface area (Å²) in [7, 11) is 0. The van der Waals surface area contributed by atoms with Gasteiger partial charge in [-0.2, -0.15) is 0 Å². The lowest BCUT2D eigenvalue weighted by Crippen LogP contribution is -2.33. The van der Waals surface area contributed by atoms with Crippen LogP contribution in [-0.2, 0) is 10.8 Å². The average molecular weight is 737 g/mol. The molecule has 2 aromatic heterocycles. The highest BCUT2D eigenvalue weighted by Crippen LogP contribution is 2.48. The molecule has 5 nitrogen and oxygen atoms in total. The molecule has 9 aromatic rings. The van der Waals surface area contributed by atoms with Crippen LogP contribution in [0.3, 0.4) is 0 Å². The molecule has 0 unspecified atom stereocenters. The Bertz CT molecular complexity index is 3070. The van der Waals surface area contributed by atoms with Crippen molar-refractivity contribution in [2.45, 2.75) is 51.4 Å². The van der Waals surface area contributed by atoms with E-state index in [0.717, 1.165) is 78.1 Å². The molecule has 2 heterocycles. The molecule has 57 heavy (non-hydrogen) atoms. The van der Waals surface area contributed by atoms with Crippen molar-refractivity contribution in [3.63, 3.8) is 0 Å². The first kappa shape index (κ1) is 34.6. The van der Waals surface area contributed by atoms with Gasteiger partial charge in [-0.25, -0.2) is 19.8 Å². The van der Waals surface area contributed by atoms with Gasteiger partial charge in [0.2, 0.25) is 0 Å². The summed E-state index contributed by atoms with van der Waals surface area (Å²) in [5.74, 6) is 1.77. The predicted octanol–water partition coefficient (Wildman–Crippen LogP) is 14.2. The summed E-state index contributed by atoms with van der Waals surface area (Å²) in [5.41, 5.74) is 12.3. The summed E-state index contributed by atoms with van der Waals surface area (Å²) >= 11 is 0. The minimum absolute atomic E-state index is 0.0712. The van der Waals surface area contributed by atoms with E-state index in [0.29, 0.717) is 23.2 Å². The molecule has 0 saturated heterocycles. The molecule has 0 spiro atoms. The Kier molecular flexibility index (Phi) is 7.95. The van der Waals surface area contributed by atoms with Crippen molar-refractivity contribution in [1.82, 2.24) is 15.0 Å². The number of furan rings is 1. The van der Waals surface area contributed by atoms with Gasteiger partial charge in [0.05, 0.1) is 6.57 Å². The molecule has 5 heteroatoms. The Morgan fingerprint density at radius 1 is 0.491 bits per heavy atom. The predicted molar refractivity (Wildman–Crippen MR) is 233 cm³/mol. The van der Waals surface area contributed by atoms with Gasteiger partial charge in [0.25, 0.3) is 0 Å². The molecule has 0 radical (unpaired) electrons. The SMILES string of the molecule is [C-]#[N+]c1ccc(-c2ccc(-c3nc(-c4ccc5ccccc5c4)nc(-c4cc(-c5ccc6c(c5)C(C)(C)CCC6(C)C)cc5oc6ccccc6c45)n3)cc2)cc1. The van der Waals surface area contributed by atoms with Gasteiger partial charge in [0.15, 0.2) is 23.2 Å². The van der Waals surface area contributed by atoms with Crippen molar-refractivity contribution in [2.75, 3.05) is 0 Å². The Balaban J connectivity index is 1.19. The van der Waals surface area contributed by atoms with E-state index in [1.807, 2.05) is 36.4 Å². The Morgan fingerprint density at radius 3 is 1.84 bits per heavy atom.